The van der Waals surface area contributed by atoms with Crippen molar-refractivity contribution in [2.45, 2.75) is 140 Å². The Morgan fingerprint density at radius 3 is 2.65 bits per heavy atom. The molecule has 0 radical (unpaired) electrons. The monoisotopic (exact) mass is 719 g/mol. The van der Waals surface area contributed by atoms with Crippen molar-refractivity contribution in [3.05, 3.63) is 86.5 Å². The van der Waals surface area contributed by atoms with Crippen molar-refractivity contribution in [1.82, 2.24) is 0 Å². The summed E-state index contributed by atoms with van der Waals surface area (Å²) < 4.78 is 32.7. The first kappa shape index (κ1) is 37.1. The lowest BCUT2D eigenvalue weighted by Gasteiger charge is -2.50. The van der Waals surface area contributed by atoms with Crippen LogP contribution in [0.4, 0.5) is 5.69 Å². The fraction of sp³-hybridized carbons (Fsp3) is 0.634. The fourth-order valence-corrected chi connectivity index (χ4v) is 9.38. The number of carbonyl (C=O) groups excluding carboxylic acids is 1. The maximum atomic E-state index is 14.2. The highest BCUT2D eigenvalue weighted by Crippen LogP contribution is 2.47. The molecule has 11 heteroatoms. The fourth-order valence-electron chi connectivity index (χ4n) is 9.38. The van der Waals surface area contributed by atoms with Gasteiger partial charge in [0.05, 0.1) is 35.9 Å². The summed E-state index contributed by atoms with van der Waals surface area (Å²) in [5.41, 5.74) is 2.36. The Hall–Kier alpha value is -3.19. The van der Waals surface area contributed by atoms with Gasteiger partial charge in [0.1, 0.15) is 29.8 Å². The van der Waals surface area contributed by atoms with E-state index in [-0.39, 0.29) is 47.6 Å². The lowest BCUT2D eigenvalue weighted by Crippen LogP contribution is -2.58. The van der Waals surface area contributed by atoms with Gasteiger partial charge in [0, 0.05) is 37.3 Å². The van der Waals surface area contributed by atoms with E-state index in [9.17, 15) is 25.1 Å². The van der Waals surface area contributed by atoms with Crippen LogP contribution in [0.25, 0.3) is 0 Å². The molecule has 7 rings (SSSR count). The summed E-state index contributed by atoms with van der Waals surface area (Å²) in [6.45, 7) is 10.3. The van der Waals surface area contributed by atoms with E-state index in [2.05, 4.69) is 33.8 Å². The number of fused-ring (bicyclic) bond motifs is 3. The molecule has 0 saturated carbocycles. The molecular formula is C41H53NO10. The Labute approximate surface area is 305 Å². The second-order valence-electron chi connectivity index (χ2n) is 16.0. The largest absolute Gasteiger partial charge is 0.462 e. The minimum Gasteiger partial charge on any atom is -0.462 e. The molecule has 1 spiro atoms. The van der Waals surface area contributed by atoms with Crippen molar-refractivity contribution in [3.8, 4) is 0 Å². The number of aliphatic hydroxyl groups is 2. The summed E-state index contributed by atoms with van der Waals surface area (Å²) in [6.07, 6.45) is 11.2. The lowest BCUT2D eigenvalue weighted by molar-refractivity contribution is -0.384. The number of nitro groups is 1. The van der Waals surface area contributed by atoms with Crippen molar-refractivity contribution >= 4 is 11.7 Å². The first-order valence-corrected chi connectivity index (χ1v) is 19.0. The molecular weight excluding hydrogens is 666 g/mol. The number of non-ortho nitro benzene ring substituents is 1. The van der Waals surface area contributed by atoms with E-state index in [4.69, 9.17) is 23.7 Å². The van der Waals surface area contributed by atoms with Crippen LogP contribution < -0.4 is 0 Å². The lowest BCUT2D eigenvalue weighted by atomic mass is 9.71. The van der Waals surface area contributed by atoms with Crippen LogP contribution in [0.3, 0.4) is 0 Å². The average Bonchev–Trinajstić information content (AvgIpc) is 3.68. The molecule has 1 unspecified atom stereocenters. The van der Waals surface area contributed by atoms with Crippen LogP contribution in [0.2, 0.25) is 0 Å². The molecule has 282 valence electrons. The van der Waals surface area contributed by atoms with Crippen LogP contribution in [0.15, 0.2) is 65.3 Å². The number of esters is 1. The number of hydrogen-bond donors (Lipinski definition) is 2. The Kier molecular flexibility index (Phi) is 10.4. The number of aliphatic hydroxyl groups excluding tert-OH is 1. The van der Waals surface area contributed by atoms with Crippen LogP contribution in [0.1, 0.15) is 84.3 Å². The van der Waals surface area contributed by atoms with Crippen molar-refractivity contribution in [1.29, 1.82) is 0 Å². The minimum absolute atomic E-state index is 0.0246. The molecule has 3 fully saturated rings. The predicted octanol–water partition coefficient (Wildman–Crippen LogP) is 6.00. The van der Waals surface area contributed by atoms with Crippen molar-refractivity contribution in [2.75, 3.05) is 6.61 Å². The quantitative estimate of drug-likeness (QED) is 0.165. The zero-order valence-electron chi connectivity index (χ0n) is 30.9. The van der Waals surface area contributed by atoms with E-state index in [0.717, 1.165) is 29.5 Å². The van der Waals surface area contributed by atoms with E-state index in [0.29, 0.717) is 55.6 Å². The van der Waals surface area contributed by atoms with E-state index < -0.39 is 41.6 Å². The molecule has 11 nitrogen and oxygen atoms in total. The predicted molar refractivity (Wildman–Crippen MR) is 192 cm³/mol. The number of nitro benzene ring substituents is 1. The van der Waals surface area contributed by atoms with Crippen LogP contribution >= 0.6 is 0 Å². The Balaban J connectivity index is 1.23. The summed E-state index contributed by atoms with van der Waals surface area (Å²) in [5, 5.41) is 34.9. The van der Waals surface area contributed by atoms with Gasteiger partial charge in [0.15, 0.2) is 5.79 Å². The Bertz CT molecular complexity index is 1680. The Morgan fingerprint density at radius 1 is 1.10 bits per heavy atom. The zero-order chi connectivity index (χ0) is 36.9. The number of allylic oxidation sites excluding steroid dienone is 2. The molecule has 0 aromatic heterocycles. The molecule has 4 heterocycles. The van der Waals surface area contributed by atoms with Crippen molar-refractivity contribution < 1.29 is 43.6 Å². The Morgan fingerprint density at radius 2 is 1.88 bits per heavy atom. The van der Waals surface area contributed by atoms with Gasteiger partial charge in [-0.25, -0.2) is 0 Å². The molecule has 2 aliphatic carbocycles. The van der Waals surface area contributed by atoms with Gasteiger partial charge in [0.25, 0.3) is 5.69 Å². The highest BCUT2D eigenvalue weighted by molar-refractivity contribution is 5.78. The van der Waals surface area contributed by atoms with Gasteiger partial charge in [-0.05, 0) is 79.7 Å². The molecule has 6 aliphatic rings. The molecule has 12 atom stereocenters. The first-order valence-electron chi connectivity index (χ1n) is 19.0. The summed E-state index contributed by atoms with van der Waals surface area (Å²) in [4.78, 5) is 25.2. The molecule has 1 aromatic rings. The van der Waals surface area contributed by atoms with Gasteiger partial charge < -0.3 is 33.9 Å². The first-order chi connectivity index (χ1) is 24.8. The van der Waals surface area contributed by atoms with Crippen LogP contribution in [-0.4, -0.2) is 81.8 Å². The number of hydrogen-bond acceptors (Lipinski definition) is 10. The van der Waals surface area contributed by atoms with E-state index in [1.807, 2.05) is 18.2 Å². The van der Waals surface area contributed by atoms with Crippen LogP contribution in [0.5, 0.6) is 0 Å². The third-order valence-electron chi connectivity index (χ3n) is 12.4. The van der Waals surface area contributed by atoms with Gasteiger partial charge >= 0.3 is 5.97 Å². The van der Waals surface area contributed by atoms with Gasteiger partial charge in [-0.1, -0.05) is 57.2 Å². The van der Waals surface area contributed by atoms with Gasteiger partial charge in [-0.2, -0.15) is 0 Å². The van der Waals surface area contributed by atoms with E-state index >= 15 is 0 Å². The van der Waals surface area contributed by atoms with Gasteiger partial charge in [0.2, 0.25) is 0 Å². The zero-order valence-corrected chi connectivity index (χ0v) is 30.9. The third-order valence-corrected chi connectivity index (χ3v) is 12.4. The molecule has 4 aliphatic heterocycles. The third kappa shape index (κ3) is 6.96. The second-order valence-corrected chi connectivity index (χ2v) is 16.0. The van der Waals surface area contributed by atoms with Crippen LogP contribution in [-0.2, 0) is 41.3 Å². The van der Waals surface area contributed by atoms with E-state index in [1.54, 1.807) is 31.2 Å². The molecule has 3 saturated heterocycles. The maximum absolute atomic E-state index is 14.2. The molecule has 1 aromatic carbocycles. The number of benzene rings is 1. The summed E-state index contributed by atoms with van der Waals surface area (Å²) in [7, 11) is 0. The van der Waals surface area contributed by atoms with E-state index in [1.165, 1.54) is 0 Å². The summed E-state index contributed by atoms with van der Waals surface area (Å²) in [5.74, 6) is -2.24. The number of ether oxygens (including phenoxy) is 5. The molecule has 2 bridgehead atoms. The second kappa shape index (κ2) is 14.6. The average molecular weight is 720 g/mol. The minimum atomic E-state index is -1.79. The summed E-state index contributed by atoms with van der Waals surface area (Å²) >= 11 is 0. The maximum Gasteiger partial charge on any atom is 0.316 e. The molecule has 52 heavy (non-hydrogen) atoms. The highest BCUT2D eigenvalue weighted by Gasteiger charge is 2.60. The highest BCUT2D eigenvalue weighted by atomic mass is 16.7. The van der Waals surface area contributed by atoms with Crippen LogP contribution in [0, 0.1) is 27.9 Å². The number of nitrogens with zero attached hydrogens (tertiary/aromatic N) is 1. The smallest absolute Gasteiger partial charge is 0.316 e. The molecule has 0 amide bonds. The number of carbonyl (C=O) groups is 1. The topological polar surface area (TPSA) is 147 Å². The number of rotatable bonds is 4. The van der Waals surface area contributed by atoms with Gasteiger partial charge in [-0.15, -0.1) is 0 Å². The van der Waals surface area contributed by atoms with Gasteiger partial charge in [-0.3, -0.25) is 14.9 Å². The SMILES string of the molecule is CC[C@H]1O[C@]2(CC[C@@H]1C)C[C@@H]1C[C@@H](C/C=C(\C)[C@H](OC3Cc4ccc([N+](=O)[O-])cc4C3)[C@@H](C)/C=C/C=C3\CO[C@@H]4[C@H](O)C(C)=C[C@@H](C(=O)O1)[C@]34O)O2. The molecule has 2 N–H and O–H groups in total. The normalized spacial score (nSPS) is 43.3. The van der Waals surface area contributed by atoms with Crippen molar-refractivity contribution in [3.63, 3.8) is 0 Å². The summed E-state index contributed by atoms with van der Waals surface area (Å²) in [6, 6.07) is 5.04. The van der Waals surface area contributed by atoms with Crippen molar-refractivity contribution in [2.24, 2.45) is 17.8 Å². The standard InChI is InChI=1S/C41H53NO10/c1-6-35-23(2)14-15-40(52-35)21-33-20-31(51-40)13-10-25(4)37(49-32-18-27-11-12-30(42(46)47)17-28(27)19-32)24(3)8-7-9-29-22-48-38-36(43)26(5)16-34(39(44)50-33)41(29,38)45/h7-12,16-17,23-24,31-38,43,45H,6,13-15,18-22H2,1-5H3/b8-7+,25-10+,29-9+/t23-,24-,31+,32?,33-,34-,35+,36+,37+,38+,40+,41+/m0/s1.